The monoisotopic (exact) mass is 303 g/mol. The molecule has 2 aliphatic rings. The first-order valence-corrected chi connectivity index (χ1v) is 8.42. The lowest BCUT2D eigenvalue weighted by molar-refractivity contribution is -0.119. The zero-order valence-electron chi connectivity index (χ0n) is 13.0. The highest BCUT2D eigenvalue weighted by Crippen LogP contribution is 2.27. The van der Waals surface area contributed by atoms with Gasteiger partial charge in [-0.25, -0.2) is 4.98 Å². The Morgan fingerprint density at radius 3 is 2.95 bits per heavy atom. The van der Waals surface area contributed by atoms with Crippen molar-refractivity contribution in [1.82, 2.24) is 10.3 Å². The van der Waals surface area contributed by atoms with Gasteiger partial charge in [0.25, 0.3) is 0 Å². The number of rotatable bonds is 5. The minimum Gasteiger partial charge on any atom is -0.489 e. The largest absolute Gasteiger partial charge is 0.489 e. The number of hydrogen-bond donors (Lipinski definition) is 2. The van der Waals surface area contributed by atoms with E-state index >= 15 is 0 Å². The predicted octanol–water partition coefficient (Wildman–Crippen LogP) is 2.59. The first-order valence-electron chi connectivity index (χ1n) is 8.42. The number of nitrogens with one attached hydrogen (secondary N) is 2. The molecule has 0 spiro atoms. The zero-order chi connectivity index (χ0) is 15.2. The van der Waals surface area contributed by atoms with Crippen LogP contribution in [0.2, 0.25) is 0 Å². The SMILES string of the molecule is O=C(Nc1ncccc1OCC1CCCCC1)C1CCNC1. The van der Waals surface area contributed by atoms with Crippen LogP contribution in [0.3, 0.4) is 0 Å². The fourth-order valence-electron chi connectivity index (χ4n) is 3.26. The molecule has 2 heterocycles. The van der Waals surface area contributed by atoms with Gasteiger partial charge in [0.05, 0.1) is 12.5 Å². The molecule has 5 nitrogen and oxygen atoms in total. The van der Waals surface area contributed by atoms with Gasteiger partial charge in [-0.2, -0.15) is 0 Å². The summed E-state index contributed by atoms with van der Waals surface area (Å²) in [5.41, 5.74) is 0. The van der Waals surface area contributed by atoms with Crippen LogP contribution in [-0.4, -0.2) is 30.6 Å². The Balaban J connectivity index is 1.58. The van der Waals surface area contributed by atoms with Crippen LogP contribution in [0.15, 0.2) is 18.3 Å². The number of anilines is 1. The maximum atomic E-state index is 12.2. The molecule has 0 aromatic carbocycles. The second-order valence-electron chi connectivity index (χ2n) is 6.34. The van der Waals surface area contributed by atoms with Crippen molar-refractivity contribution in [3.8, 4) is 5.75 Å². The lowest BCUT2D eigenvalue weighted by Gasteiger charge is -2.22. The smallest absolute Gasteiger partial charge is 0.230 e. The van der Waals surface area contributed by atoms with Crippen molar-refractivity contribution in [2.24, 2.45) is 11.8 Å². The van der Waals surface area contributed by atoms with Gasteiger partial charge in [-0.05, 0) is 43.9 Å². The van der Waals surface area contributed by atoms with Gasteiger partial charge < -0.3 is 15.4 Å². The molecule has 1 amide bonds. The third-order valence-electron chi connectivity index (χ3n) is 4.64. The number of ether oxygens (including phenoxy) is 1. The number of hydrogen-bond acceptors (Lipinski definition) is 4. The molecule has 2 fully saturated rings. The molecule has 22 heavy (non-hydrogen) atoms. The van der Waals surface area contributed by atoms with Crippen molar-refractivity contribution in [3.63, 3.8) is 0 Å². The van der Waals surface area contributed by atoms with Gasteiger partial charge in [0.2, 0.25) is 5.91 Å². The van der Waals surface area contributed by atoms with E-state index in [2.05, 4.69) is 15.6 Å². The quantitative estimate of drug-likeness (QED) is 0.877. The lowest BCUT2D eigenvalue weighted by atomic mass is 9.90. The van der Waals surface area contributed by atoms with Crippen LogP contribution in [0.1, 0.15) is 38.5 Å². The Bertz CT molecular complexity index is 494. The van der Waals surface area contributed by atoms with E-state index in [1.54, 1.807) is 6.20 Å². The average molecular weight is 303 g/mol. The summed E-state index contributed by atoms with van der Waals surface area (Å²) in [6.07, 6.45) is 9.02. The van der Waals surface area contributed by atoms with Crippen LogP contribution in [0.5, 0.6) is 5.75 Å². The molecule has 1 saturated carbocycles. The Labute approximate surface area is 131 Å². The molecular formula is C17H25N3O2. The van der Waals surface area contributed by atoms with E-state index < -0.39 is 0 Å². The highest BCUT2D eigenvalue weighted by Gasteiger charge is 2.23. The van der Waals surface area contributed by atoms with Crippen LogP contribution in [0, 0.1) is 11.8 Å². The van der Waals surface area contributed by atoms with Crippen molar-refractivity contribution < 1.29 is 9.53 Å². The van der Waals surface area contributed by atoms with Gasteiger partial charge in [0.1, 0.15) is 0 Å². The van der Waals surface area contributed by atoms with Crippen molar-refractivity contribution in [3.05, 3.63) is 18.3 Å². The van der Waals surface area contributed by atoms with Crippen molar-refractivity contribution in [1.29, 1.82) is 0 Å². The maximum Gasteiger partial charge on any atom is 0.230 e. The van der Waals surface area contributed by atoms with Crippen LogP contribution < -0.4 is 15.4 Å². The third kappa shape index (κ3) is 3.97. The predicted molar refractivity (Wildman–Crippen MR) is 85.9 cm³/mol. The molecule has 2 N–H and O–H groups in total. The second-order valence-corrected chi connectivity index (χ2v) is 6.34. The fraction of sp³-hybridized carbons (Fsp3) is 0.647. The molecule has 1 aliphatic heterocycles. The van der Waals surface area contributed by atoms with Gasteiger partial charge in [0, 0.05) is 12.7 Å². The van der Waals surface area contributed by atoms with Crippen LogP contribution >= 0.6 is 0 Å². The molecule has 1 atom stereocenters. The van der Waals surface area contributed by atoms with Gasteiger partial charge in [-0.1, -0.05) is 19.3 Å². The molecule has 1 unspecified atom stereocenters. The molecule has 1 saturated heterocycles. The minimum atomic E-state index is 0.0335. The van der Waals surface area contributed by atoms with E-state index in [0.717, 1.165) is 26.1 Å². The Morgan fingerprint density at radius 1 is 1.32 bits per heavy atom. The summed E-state index contributed by atoms with van der Waals surface area (Å²) in [6.45, 7) is 2.38. The summed E-state index contributed by atoms with van der Waals surface area (Å²) in [5.74, 6) is 1.94. The topological polar surface area (TPSA) is 63.2 Å². The van der Waals surface area contributed by atoms with Crippen LogP contribution in [0.4, 0.5) is 5.82 Å². The number of aromatic nitrogens is 1. The summed E-state index contributed by atoms with van der Waals surface area (Å²) in [5, 5.41) is 6.13. The first-order chi connectivity index (χ1) is 10.8. The van der Waals surface area contributed by atoms with E-state index in [9.17, 15) is 4.79 Å². The Morgan fingerprint density at radius 2 is 2.18 bits per heavy atom. The number of nitrogens with zero attached hydrogens (tertiary/aromatic N) is 1. The molecule has 1 aromatic rings. The van der Waals surface area contributed by atoms with Gasteiger partial charge in [0.15, 0.2) is 11.6 Å². The van der Waals surface area contributed by atoms with Gasteiger partial charge in [-0.3, -0.25) is 4.79 Å². The van der Waals surface area contributed by atoms with Crippen molar-refractivity contribution >= 4 is 11.7 Å². The van der Waals surface area contributed by atoms with Crippen LogP contribution in [-0.2, 0) is 4.79 Å². The molecule has 1 aromatic heterocycles. The van der Waals surface area contributed by atoms with E-state index in [1.807, 2.05) is 12.1 Å². The summed E-state index contributed by atoms with van der Waals surface area (Å²) in [6, 6.07) is 3.74. The minimum absolute atomic E-state index is 0.0335. The Kier molecular flexibility index (Phi) is 5.27. The lowest BCUT2D eigenvalue weighted by Crippen LogP contribution is -2.25. The summed E-state index contributed by atoms with van der Waals surface area (Å²) in [7, 11) is 0. The summed E-state index contributed by atoms with van der Waals surface area (Å²) >= 11 is 0. The molecule has 0 bridgehead atoms. The zero-order valence-corrected chi connectivity index (χ0v) is 13.0. The second kappa shape index (κ2) is 7.58. The molecule has 0 radical (unpaired) electrons. The average Bonchev–Trinajstić information content (AvgIpc) is 3.10. The highest BCUT2D eigenvalue weighted by atomic mass is 16.5. The number of amides is 1. The number of pyridine rings is 1. The summed E-state index contributed by atoms with van der Waals surface area (Å²) in [4.78, 5) is 16.5. The van der Waals surface area contributed by atoms with Gasteiger partial charge >= 0.3 is 0 Å². The van der Waals surface area contributed by atoms with Crippen molar-refractivity contribution in [2.75, 3.05) is 25.0 Å². The third-order valence-corrected chi connectivity index (χ3v) is 4.64. The van der Waals surface area contributed by atoms with E-state index in [-0.39, 0.29) is 11.8 Å². The number of carbonyl (C=O) groups is 1. The van der Waals surface area contributed by atoms with E-state index in [4.69, 9.17) is 4.74 Å². The molecule has 120 valence electrons. The first kappa shape index (κ1) is 15.3. The van der Waals surface area contributed by atoms with E-state index in [1.165, 1.54) is 32.1 Å². The van der Waals surface area contributed by atoms with E-state index in [0.29, 0.717) is 17.5 Å². The fourth-order valence-corrected chi connectivity index (χ4v) is 3.26. The molecular weight excluding hydrogens is 278 g/mol. The highest BCUT2D eigenvalue weighted by molar-refractivity contribution is 5.93. The molecule has 3 rings (SSSR count). The van der Waals surface area contributed by atoms with Crippen molar-refractivity contribution in [2.45, 2.75) is 38.5 Å². The normalized spacial score (nSPS) is 22.5. The summed E-state index contributed by atoms with van der Waals surface area (Å²) < 4.78 is 5.95. The number of carbonyl (C=O) groups excluding carboxylic acids is 1. The van der Waals surface area contributed by atoms with Gasteiger partial charge in [-0.15, -0.1) is 0 Å². The molecule has 5 heteroatoms. The Hall–Kier alpha value is -1.62. The standard InChI is InChI=1S/C17H25N3O2/c21-17(14-8-10-18-11-14)20-16-15(7-4-9-19-16)22-12-13-5-2-1-3-6-13/h4,7,9,13-14,18H,1-3,5-6,8,10-12H2,(H,19,20,21). The maximum absolute atomic E-state index is 12.2. The molecule has 1 aliphatic carbocycles. The van der Waals surface area contributed by atoms with Crippen LogP contribution in [0.25, 0.3) is 0 Å².